The summed E-state index contributed by atoms with van der Waals surface area (Å²) < 4.78 is 0. The number of Topliss-reactive ketones (excluding diaryl/α,β-unsaturated/α-hetero) is 2. The summed E-state index contributed by atoms with van der Waals surface area (Å²) in [6, 6.07) is 0. The molecule has 0 bridgehead atoms. The van der Waals surface area contributed by atoms with Crippen molar-refractivity contribution < 1.29 is 55.1 Å². The molecular weight excluding hydrogens is 263 g/mol. The number of carbonyl (C=O) groups is 3. The van der Waals surface area contributed by atoms with Gasteiger partial charge >= 0.3 is 5.97 Å². The van der Waals surface area contributed by atoms with Crippen LogP contribution in [0.4, 0.5) is 0 Å². The van der Waals surface area contributed by atoms with Crippen LogP contribution in [0.2, 0.25) is 0 Å². The van der Waals surface area contributed by atoms with E-state index in [9.17, 15) is 14.4 Å². The molecule has 0 atom stereocenters. The van der Waals surface area contributed by atoms with E-state index in [4.69, 9.17) is 5.11 Å². The smallest absolute Gasteiger partial charge is 0.372 e. The van der Waals surface area contributed by atoms with E-state index in [0.29, 0.717) is 0 Å². The third-order valence-corrected chi connectivity index (χ3v) is 0.648. The maximum Gasteiger partial charge on any atom is 0.372 e. The molecule has 0 heterocycles. The second-order valence-electron chi connectivity index (χ2n) is 1.61. The summed E-state index contributed by atoms with van der Waals surface area (Å²) in [5, 5.41) is 7.93. The van der Waals surface area contributed by atoms with Gasteiger partial charge in [0.05, 0.1) is 6.42 Å². The Kier molecular flexibility index (Phi) is 7.30. The van der Waals surface area contributed by atoms with Gasteiger partial charge in [-0.05, 0) is 6.92 Å². The number of rotatable bonds is 3. The summed E-state index contributed by atoms with van der Waals surface area (Å²) in [7, 11) is 0. The number of ketones is 2. The summed E-state index contributed by atoms with van der Waals surface area (Å²) in [5.74, 6) is -3.03. The minimum absolute atomic E-state index is 0. The number of carboxylic acid groups (broad SMARTS) is 1. The van der Waals surface area contributed by atoms with Crippen LogP contribution in [-0.4, -0.2) is 22.6 Å². The zero-order chi connectivity index (χ0) is 7.44. The predicted molar refractivity (Wildman–Crippen MR) is 27.9 cm³/mol. The molecule has 0 aliphatic carbocycles. The average molecular weight is 269 g/mol. The molecule has 0 amide bonds. The quantitative estimate of drug-likeness (QED) is 0.560. The van der Waals surface area contributed by atoms with Crippen molar-refractivity contribution in [3.63, 3.8) is 0 Å². The minimum Gasteiger partial charge on any atom is -0.475 e. The Bertz CT molecular complexity index is 163. The normalized spacial score (nSPS) is 7.70. The van der Waals surface area contributed by atoms with Gasteiger partial charge in [-0.25, -0.2) is 4.79 Å². The first-order chi connectivity index (χ1) is 4.04. The van der Waals surface area contributed by atoms with Crippen LogP contribution < -0.4 is 0 Å². The molecule has 1 N–H and O–H groups in total. The zero-order valence-corrected chi connectivity index (χ0v) is 9.08. The van der Waals surface area contributed by atoms with E-state index in [1.165, 1.54) is 6.92 Å². The Morgan fingerprint density at radius 2 is 1.70 bits per heavy atom. The summed E-state index contributed by atoms with van der Waals surface area (Å²) >= 11 is 0. The van der Waals surface area contributed by atoms with E-state index >= 15 is 0 Å². The van der Waals surface area contributed by atoms with Crippen molar-refractivity contribution in [2.75, 3.05) is 0 Å². The maximum absolute atomic E-state index is 10.1. The Morgan fingerprint density at radius 3 is 1.80 bits per heavy atom. The molecule has 53 valence electrons. The molecule has 0 unspecified atom stereocenters. The van der Waals surface area contributed by atoms with Crippen LogP contribution in [-0.2, 0) is 14.4 Å². The molecule has 1 radical (unpaired) electrons. The molecule has 4 nitrogen and oxygen atoms in total. The van der Waals surface area contributed by atoms with Crippen LogP contribution in [0.15, 0.2) is 0 Å². The number of aliphatic carboxylic acids is 1. The largest absolute Gasteiger partial charge is 0.475 e. The number of hydrogen-bond acceptors (Lipinski definition) is 3. The first-order valence-corrected chi connectivity index (χ1v) is 2.29. The summed E-state index contributed by atoms with van der Waals surface area (Å²) in [6.45, 7) is 1.17. The van der Waals surface area contributed by atoms with Gasteiger partial charge in [-0.15, -0.1) is 0 Å². The first kappa shape index (κ1) is 12.7. The van der Waals surface area contributed by atoms with E-state index in [0.717, 1.165) is 0 Å². The van der Waals surface area contributed by atoms with E-state index in [-0.39, 0.29) is 35.6 Å². The Balaban J connectivity index is 0. The fourth-order valence-electron chi connectivity index (χ4n) is 0.302. The van der Waals surface area contributed by atoms with Crippen molar-refractivity contribution in [2.24, 2.45) is 0 Å². The van der Waals surface area contributed by atoms with E-state index < -0.39 is 24.0 Å². The van der Waals surface area contributed by atoms with Crippen LogP contribution in [0.3, 0.4) is 0 Å². The summed E-state index contributed by atoms with van der Waals surface area (Å²) in [5.41, 5.74) is 0. The molecule has 0 aliphatic heterocycles. The maximum atomic E-state index is 10.1. The van der Waals surface area contributed by atoms with Crippen molar-refractivity contribution in [2.45, 2.75) is 13.3 Å². The summed E-state index contributed by atoms with van der Waals surface area (Å²) in [4.78, 5) is 29.9. The second-order valence-corrected chi connectivity index (χ2v) is 1.61. The van der Waals surface area contributed by atoms with Crippen LogP contribution in [0.1, 0.15) is 13.3 Å². The van der Waals surface area contributed by atoms with Gasteiger partial charge in [0.1, 0.15) is 5.78 Å². The topological polar surface area (TPSA) is 71.4 Å². The molecule has 10 heavy (non-hydrogen) atoms. The van der Waals surface area contributed by atoms with Crippen LogP contribution >= 0.6 is 0 Å². The van der Waals surface area contributed by atoms with Crippen molar-refractivity contribution >= 4 is 17.5 Å². The SMILES string of the molecule is CC(=O)CC(=O)C(=O)O.[La]. The Hall–Kier alpha value is 0.00481. The van der Waals surface area contributed by atoms with Gasteiger partial charge in [-0.3, -0.25) is 9.59 Å². The summed E-state index contributed by atoms with van der Waals surface area (Å²) in [6.07, 6.45) is -0.505. The van der Waals surface area contributed by atoms with Crippen molar-refractivity contribution in [1.82, 2.24) is 0 Å². The molecule has 0 aromatic carbocycles. The molecule has 0 aromatic heterocycles. The third-order valence-electron chi connectivity index (χ3n) is 0.648. The van der Waals surface area contributed by atoms with Crippen LogP contribution in [0.5, 0.6) is 0 Å². The van der Waals surface area contributed by atoms with Crippen LogP contribution in [0.25, 0.3) is 0 Å². The number of carbonyl (C=O) groups excluding carboxylic acids is 2. The average Bonchev–Trinajstić information content (AvgIpc) is 1.63. The van der Waals surface area contributed by atoms with Crippen molar-refractivity contribution in [1.29, 1.82) is 0 Å². The zero-order valence-electron chi connectivity index (χ0n) is 5.46. The molecule has 0 aromatic rings. The van der Waals surface area contributed by atoms with Crippen LogP contribution in [0, 0.1) is 35.6 Å². The molecule has 0 spiro atoms. The third kappa shape index (κ3) is 6.13. The minimum atomic E-state index is -1.55. The van der Waals surface area contributed by atoms with Gasteiger partial charge in [-0.1, -0.05) is 0 Å². The van der Waals surface area contributed by atoms with Gasteiger partial charge in [0.25, 0.3) is 0 Å². The predicted octanol–water partition coefficient (Wildman–Crippen LogP) is -0.381. The molecule has 0 aliphatic rings. The van der Waals surface area contributed by atoms with Gasteiger partial charge in [-0.2, -0.15) is 0 Å². The molecule has 0 saturated carbocycles. The Labute approximate surface area is 85.6 Å². The number of carboxylic acids is 1. The first-order valence-electron chi connectivity index (χ1n) is 2.29. The monoisotopic (exact) mass is 269 g/mol. The molecular formula is C5H6LaO4. The van der Waals surface area contributed by atoms with Crippen molar-refractivity contribution in [3.05, 3.63) is 0 Å². The molecule has 0 saturated heterocycles. The van der Waals surface area contributed by atoms with Gasteiger partial charge < -0.3 is 5.11 Å². The molecule has 0 rings (SSSR count). The van der Waals surface area contributed by atoms with E-state index in [1.54, 1.807) is 0 Å². The molecule has 0 fully saturated rings. The fourth-order valence-corrected chi connectivity index (χ4v) is 0.302. The van der Waals surface area contributed by atoms with E-state index in [2.05, 4.69) is 0 Å². The van der Waals surface area contributed by atoms with Crippen molar-refractivity contribution in [3.8, 4) is 0 Å². The van der Waals surface area contributed by atoms with Gasteiger partial charge in [0.15, 0.2) is 0 Å². The Morgan fingerprint density at radius 1 is 1.30 bits per heavy atom. The standard InChI is InChI=1S/C5H6O4.La/c1-3(6)2-4(7)5(8)9;/h2H2,1H3,(H,8,9);. The fraction of sp³-hybridized carbons (Fsp3) is 0.400. The second kappa shape index (κ2) is 5.76. The van der Waals surface area contributed by atoms with Gasteiger partial charge in [0, 0.05) is 35.6 Å². The van der Waals surface area contributed by atoms with E-state index in [1.807, 2.05) is 0 Å². The number of hydrogen-bond donors (Lipinski definition) is 1. The van der Waals surface area contributed by atoms with Gasteiger partial charge in [0.2, 0.25) is 5.78 Å². The molecule has 5 heteroatoms.